The highest BCUT2D eigenvalue weighted by Crippen LogP contribution is 2.17. The molecular weight excluding hydrogens is 340 g/mol. The van der Waals surface area contributed by atoms with Crippen LogP contribution in [0.3, 0.4) is 0 Å². The van der Waals surface area contributed by atoms with Crippen molar-refractivity contribution in [3.8, 4) is 0 Å². The fourth-order valence-electron chi connectivity index (χ4n) is 4.04. The number of rotatable bonds is 6. The Bertz CT molecular complexity index is 635. The summed E-state index contributed by atoms with van der Waals surface area (Å²) >= 11 is 0. The summed E-state index contributed by atoms with van der Waals surface area (Å²) in [5.41, 5.74) is 7.73. The van der Waals surface area contributed by atoms with Gasteiger partial charge in [0.15, 0.2) is 0 Å². The Morgan fingerprint density at radius 3 is 2.44 bits per heavy atom. The zero-order valence-electron chi connectivity index (χ0n) is 16.2. The smallest absolute Gasteiger partial charge is 0.234 e. The molecule has 6 heteroatoms. The first-order valence-corrected chi connectivity index (χ1v) is 10.2. The molecule has 2 amide bonds. The number of carbonyl (C=O) groups excluding carboxylic acids is 2. The van der Waals surface area contributed by atoms with Gasteiger partial charge in [0.2, 0.25) is 11.8 Å². The first-order valence-electron chi connectivity index (χ1n) is 10.2. The van der Waals surface area contributed by atoms with Gasteiger partial charge in [-0.05, 0) is 30.9 Å². The van der Waals surface area contributed by atoms with Gasteiger partial charge in [-0.25, -0.2) is 0 Å². The lowest BCUT2D eigenvalue weighted by molar-refractivity contribution is -0.133. The molecule has 0 bridgehead atoms. The summed E-state index contributed by atoms with van der Waals surface area (Å²) in [5, 5.41) is 3.17. The molecule has 1 aliphatic carbocycles. The van der Waals surface area contributed by atoms with E-state index in [1.54, 1.807) is 0 Å². The number of hydrogen-bond donors (Lipinski definition) is 2. The first kappa shape index (κ1) is 19.7. The maximum Gasteiger partial charge on any atom is 0.234 e. The lowest BCUT2D eigenvalue weighted by atomic mass is 9.95. The molecule has 2 fully saturated rings. The first-order chi connectivity index (χ1) is 13.1. The third-order valence-electron chi connectivity index (χ3n) is 5.73. The van der Waals surface area contributed by atoms with E-state index in [1.807, 2.05) is 29.2 Å². The summed E-state index contributed by atoms with van der Waals surface area (Å²) in [6.45, 7) is 3.35. The van der Waals surface area contributed by atoms with Crippen molar-refractivity contribution in [1.82, 2.24) is 15.1 Å². The van der Waals surface area contributed by atoms with Gasteiger partial charge in [-0.3, -0.25) is 14.5 Å². The van der Waals surface area contributed by atoms with Crippen LogP contribution in [0.5, 0.6) is 0 Å². The fourth-order valence-corrected chi connectivity index (χ4v) is 4.04. The van der Waals surface area contributed by atoms with Crippen molar-refractivity contribution in [2.24, 2.45) is 0 Å². The van der Waals surface area contributed by atoms with Crippen molar-refractivity contribution in [2.75, 3.05) is 38.5 Å². The molecule has 27 heavy (non-hydrogen) atoms. The minimum atomic E-state index is 0.126. The van der Waals surface area contributed by atoms with Crippen LogP contribution >= 0.6 is 0 Å². The summed E-state index contributed by atoms with van der Waals surface area (Å²) in [4.78, 5) is 28.8. The van der Waals surface area contributed by atoms with E-state index in [1.165, 1.54) is 19.3 Å². The molecule has 0 aromatic heterocycles. The summed E-state index contributed by atoms with van der Waals surface area (Å²) in [6.07, 6.45) is 7.12. The van der Waals surface area contributed by atoms with Crippen LogP contribution < -0.4 is 11.1 Å². The molecule has 0 unspecified atom stereocenters. The molecule has 0 atom stereocenters. The minimum absolute atomic E-state index is 0.126. The Labute approximate surface area is 162 Å². The fraction of sp³-hybridized carbons (Fsp3) is 0.619. The van der Waals surface area contributed by atoms with Crippen LogP contribution in [0.25, 0.3) is 0 Å². The maximum absolute atomic E-state index is 12.5. The predicted molar refractivity (Wildman–Crippen MR) is 107 cm³/mol. The molecule has 2 aliphatic rings. The Kier molecular flexibility index (Phi) is 7.10. The number of nitrogens with zero attached hydrogens (tertiary/aromatic N) is 2. The van der Waals surface area contributed by atoms with Gasteiger partial charge in [0, 0.05) is 44.3 Å². The molecule has 0 radical (unpaired) electrons. The molecule has 1 aromatic carbocycles. The average molecular weight is 373 g/mol. The van der Waals surface area contributed by atoms with Crippen LogP contribution in [0.1, 0.15) is 44.1 Å². The Morgan fingerprint density at radius 2 is 1.74 bits per heavy atom. The van der Waals surface area contributed by atoms with Crippen LogP contribution in [0.2, 0.25) is 0 Å². The number of benzene rings is 1. The molecular formula is C21H32N4O2. The number of carbonyl (C=O) groups is 2. The van der Waals surface area contributed by atoms with Gasteiger partial charge in [-0.15, -0.1) is 0 Å². The van der Waals surface area contributed by atoms with E-state index in [0.717, 1.165) is 37.2 Å². The summed E-state index contributed by atoms with van der Waals surface area (Å²) in [5.74, 6) is 0.297. The Morgan fingerprint density at radius 1 is 1.04 bits per heavy atom. The second-order valence-corrected chi connectivity index (χ2v) is 7.76. The second-order valence-electron chi connectivity index (χ2n) is 7.76. The van der Waals surface area contributed by atoms with E-state index in [4.69, 9.17) is 5.73 Å². The van der Waals surface area contributed by atoms with Crippen molar-refractivity contribution in [3.63, 3.8) is 0 Å². The minimum Gasteiger partial charge on any atom is -0.399 e. The number of amides is 2. The van der Waals surface area contributed by atoms with Crippen molar-refractivity contribution < 1.29 is 9.59 Å². The van der Waals surface area contributed by atoms with Gasteiger partial charge < -0.3 is 16.0 Å². The lowest BCUT2D eigenvalue weighted by Gasteiger charge is -2.35. The number of nitrogen functional groups attached to an aromatic ring is 1. The highest BCUT2D eigenvalue weighted by Gasteiger charge is 2.23. The topological polar surface area (TPSA) is 78.7 Å². The van der Waals surface area contributed by atoms with Crippen LogP contribution in [0.15, 0.2) is 24.3 Å². The SMILES string of the molecule is Nc1ccccc1CCC(=O)N1CCN(CC(=O)NC2CCCCC2)CC1. The third kappa shape index (κ3) is 5.96. The Balaban J connectivity index is 1.36. The van der Waals surface area contributed by atoms with Crippen molar-refractivity contribution >= 4 is 17.5 Å². The van der Waals surface area contributed by atoms with Crippen LogP contribution in [-0.2, 0) is 16.0 Å². The number of para-hydroxylation sites is 1. The normalized spacial score (nSPS) is 19.0. The highest BCUT2D eigenvalue weighted by atomic mass is 16.2. The molecule has 1 saturated carbocycles. The van der Waals surface area contributed by atoms with Gasteiger partial charge in [0.05, 0.1) is 6.54 Å². The number of piperazine rings is 1. The van der Waals surface area contributed by atoms with Gasteiger partial charge in [-0.2, -0.15) is 0 Å². The standard InChI is InChI=1S/C21H32N4O2/c22-19-9-5-4-6-17(19)10-11-21(27)25-14-12-24(13-15-25)16-20(26)23-18-7-2-1-3-8-18/h4-6,9,18H,1-3,7-8,10-16,22H2,(H,23,26). The molecule has 3 N–H and O–H groups in total. The summed E-state index contributed by atoms with van der Waals surface area (Å²) in [6, 6.07) is 8.07. The largest absolute Gasteiger partial charge is 0.399 e. The van der Waals surface area contributed by atoms with E-state index in [-0.39, 0.29) is 11.8 Å². The van der Waals surface area contributed by atoms with E-state index >= 15 is 0 Å². The van der Waals surface area contributed by atoms with Gasteiger partial charge >= 0.3 is 0 Å². The van der Waals surface area contributed by atoms with E-state index in [9.17, 15) is 9.59 Å². The Hall–Kier alpha value is -2.08. The molecule has 1 heterocycles. The second kappa shape index (κ2) is 9.74. The number of nitrogens with one attached hydrogen (secondary N) is 1. The van der Waals surface area contributed by atoms with Crippen LogP contribution in [0, 0.1) is 0 Å². The number of anilines is 1. The van der Waals surface area contributed by atoms with Crippen molar-refractivity contribution in [2.45, 2.75) is 51.0 Å². The molecule has 1 saturated heterocycles. The van der Waals surface area contributed by atoms with Gasteiger partial charge in [0.25, 0.3) is 0 Å². The number of nitrogens with two attached hydrogens (primary N) is 1. The van der Waals surface area contributed by atoms with E-state index < -0.39 is 0 Å². The molecule has 1 aliphatic heterocycles. The summed E-state index contributed by atoms with van der Waals surface area (Å²) < 4.78 is 0. The monoisotopic (exact) mass is 372 g/mol. The predicted octanol–water partition coefficient (Wildman–Crippen LogP) is 1.79. The summed E-state index contributed by atoms with van der Waals surface area (Å²) in [7, 11) is 0. The van der Waals surface area contributed by atoms with Gasteiger partial charge in [0.1, 0.15) is 0 Å². The number of hydrogen-bond acceptors (Lipinski definition) is 4. The maximum atomic E-state index is 12.5. The van der Waals surface area contributed by atoms with Crippen molar-refractivity contribution in [1.29, 1.82) is 0 Å². The van der Waals surface area contributed by atoms with Crippen LogP contribution in [0.4, 0.5) is 5.69 Å². The zero-order valence-corrected chi connectivity index (χ0v) is 16.2. The molecule has 0 spiro atoms. The lowest BCUT2D eigenvalue weighted by Crippen LogP contribution is -2.52. The van der Waals surface area contributed by atoms with E-state index in [0.29, 0.717) is 38.5 Å². The zero-order chi connectivity index (χ0) is 19.1. The molecule has 6 nitrogen and oxygen atoms in total. The van der Waals surface area contributed by atoms with Crippen LogP contribution in [-0.4, -0.2) is 60.4 Å². The third-order valence-corrected chi connectivity index (χ3v) is 5.73. The number of aryl methyl sites for hydroxylation is 1. The molecule has 1 aromatic rings. The average Bonchev–Trinajstić information content (AvgIpc) is 2.68. The van der Waals surface area contributed by atoms with E-state index in [2.05, 4.69) is 10.2 Å². The quantitative estimate of drug-likeness (QED) is 0.747. The highest BCUT2D eigenvalue weighted by molar-refractivity contribution is 5.79. The molecule has 148 valence electrons. The molecule has 3 rings (SSSR count). The van der Waals surface area contributed by atoms with Gasteiger partial charge in [-0.1, -0.05) is 37.5 Å². The van der Waals surface area contributed by atoms with Crippen molar-refractivity contribution in [3.05, 3.63) is 29.8 Å².